The number of carboxylic acid groups (broad SMARTS) is 1. The lowest BCUT2D eigenvalue weighted by Gasteiger charge is -2.18. The molecule has 0 spiro atoms. The molecule has 1 aromatic rings. The van der Waals surface area contributed by atoms with Crippen LogP contribution in [-0.2, 0) is 11.0 Å². The number of nitrogens with one attached hydrogen (secondary N) is 1. The summed E-state index contributed by atoms with van der Waals surface area (Å²) in [6, 6.07) is 1.56. The fourth-order valence-corrected chi connectivity index (χ4v) is 3.10. The van der Waals surface area contributed by atoms with E-state index in [-0.39, 0.29) is 17.2 Å². The van der Waals surface area contributed by atoms with Gasteiger partial charge in [0.25, 0.3) is 5.91 Å². The van der Waals surface area contributed by atoms with Gasteiger partial charge in [0, 0.05) is 23.2 Å². The predicted molar refractivity (Wildman–Crippen MR) is 77.4 cm³/mol. The topological polar surface area (TPSA) is 79.3 Å². The summed E-state index contributed by atoms with van der Waals surface area (Å²) in [5, 5.41) is 11.7. The molecule has 1 amide bonds. The van der Waals surface area contributed by atoms with Crippen molar-refractivity contribution in [2.45, 2.75) is 50.2 Å². The number of hydrogen-bond acceptors (Lipinski definition) is 3. The van der Waals surface area contributed by atoms with Crippen molar-refractivity contribution in [1.29, 1.82) is 0 Å². The lowest BCUT2D eigenvalue weighted by Crippen LogP contribution is -2.40. The number of amides is 1. The Labute approximate surface area is 136 Å². The minimum absolute atomic E-state index is 0.0305. The van der Waals surface area contributed by atoms with E-state index in [2.05, 4.69) is 10.3 Å². The zero-order valence-corrected chi connectivity index (χ0v) is 12.8. The fourth-order valence-electron chi connectivity index (χ4n) is 3.10. The SMILES string of the molecule is O=C(NC1CCCC1C(=O)O)c1cc(C2CC2)nc(C(F)(F)F)c1. The summed E-state index contributed by atoms with van der Waals surface area (Å²) in [6.07, 6.45) is -1.47. The average Bonchev–Trinajstić information content (AvgIpc) is 3.25. The summed E-state index contributed by atoms with van der Waals surface area (Å²) in [7, 11) is 0. The van der Waals surface area contributed by atoms with Crippen LogP contribution < -0.4 is 5.32 Å². The molecular weight excluding hydrogens is 325 g/mol. The number of rotatable bonds is 4. The molecule has 2 atom stereocenters. The van der Waals surface area contributed by atoms with E-state index < -0.39 is 35.7 Å². The molecule has 5 nitrogen and oxygen atoms in total. The Balaban J connectivity index is 1.83. The van der Waals surface area contributed by atoms with Crippen molar-refractivity contribution in [2.24, 2.45) is 5.92 Å². The summed E-state index contributed by atoms with van der Waals surface area (Å²) in [6.45, 7) is 0. The number of hydrogen-bond donors (Lipinski definition) is 2. The maximum Gasteiger partial charge on any atom is 0.433 e. The van der Waals surface area contributed by atoms with Crippen LogP contribution in [0.1, 0.15) is 59.8 Å². The van der Waals surface area contributed by atoms with Crippen LogP contribution in [0.5, 0.6) is 0 Å². The first kappa shape index (κ1) is 16.7. The molecule has 1 heterocycles. The van der Waals surface area contributed by atoms with Gasteiger partial charge in [0.1, 0.15) is 5.69 Å². The summed E-state index contributed by atoms with van der Waals surface area (Å²) in [5.74, 6) is -2.40. The van der Waals surface area contributed by atoms with Crippen LogP contribution in [0.2, 0.25) is 0 Å². The van der Waals surface area contributed by atoms with Gasteiger partial charge in [-0.2, -0.15) is 13.2 Å². The van der Waals surface area contributed by atoms with Crippen molar-refractivity contribution in [2.75, 3.05) is 0 Å². The second kappa shape index (κ2) is 6.07. The van der Waals surface area contributed by atoms with E-state index in [1.165, 1.54) is 6.07 Å². The van der Waals surface area contributed by atoms with Crippen molar-refractivity contribution in [1.82, 2.24) is 10.3 Å². The summed E-state index contributed by atoms with van der Waals surface area (Å²) in [5.41, 5.74) is -0.926. The molecule has 2 N–H and O–H groups in total. The van der Waals surface area contributed by atoms with Gasteiger partial charge in [-0.1, -0.05) is 6.42 Å². The van der Waals surface area contributed by atoms with E-state index in [1.54, 1.807) is 0 Å². The Kier molecular flexibility index (Phi) is 4.23. The van der Waals surface area contributed by atoms with Gasteiger partial charge in [-0.15, -0.1) is 0 Å². The molecule has 0 saturated heterocycles. The summed E-state index contributed by atoms with van der Waals surface area (Å²) < 4.78 is 39.0. The highest BCUT2D eigenvalue weighted by Crippen LogP contribution is 2.40. The standard InChI is InChI=1S/C16H17F3N2O3/c17-16(18,19)13-7-9(6-12(20-13)8-4-5-8)14(22)21-11-3-1-2-10(11)15(23)24/h6-8,10-11H,1-5H2,(H,21,22)(H,23,24). The van der Waals surface area contributed by atoms with E-state index in [0.717, 1.165) is 18.9 Å². The molecule has 130 valence electrons. The van der Waals surface area contributed by atoms with Crippen LogP contribution in [0.4, 0.5) is 13.2 Å². The Morgan fingerprint density at radius 1 is 1.17 bits per heavy atom. The van der Waals surface area contributed by atoms with Crippen LogP contribution in [0.15, 0.2) is 12.1 Å². The number of aromatic nitrogens is 1. The molecule has 3 rings (SSSR count). The Hall–Kier alpha value is -2.12. The lowest BCUT2D eigenvalue weighted by atomic mass is 10.0. The van der Waals surface area contributed by atoms with Crippen LogP contribution in [0.3, 0.4) is 0 Å². The number of nitrogens with zero attached hydrogens (tertiary/aromatic N) is 1. The van der Waals surface area contributed by atoms with E-state index in [9.17, 15) is 22.8 Å². The van der Waals surface area contributed by atoms with E-state index in [1.807, 2.05) is 0 Å². The molecule has 0 bridgehead atoms. The molecule has 2 saturated carbocycles. The molecule has 2 aliphatic rings. The van der Waals surface area contributed by atoms with E-state index >= 15 is 0 Å². The first-order valence-corrected chi connectivity index (χ1v) is 7.88. The van der Waals surface area contributed by atoms with Gasteiger partial charge >= 0.3 is 12.1 Å². The lowest BCUT2D eigenvalue weighted by molar-refractivity contribution is -0.142. The second-order valence-electron chi connectivity index (χ2n) is 6.39. The molecule has 2 unspecified atom stereocenters. The van der Waals surface area contributed by atoms with Gasteiger partial charge in [0.2, 0.25) is 0 Å². The molecule has 24 heavy (non-hydrogen) atoms. The number of alkyl halides is 3. The van der Waals surface area contributed by atoms with Crippen molar-refractivity contribution in [3.8, 4) is 0 Å². The van der Waals surface area contributed by atoms with Crippen LogP contribution >= 0.6 is 0 Å². The minimum Gasteiger partial charge on any atom is -0.481 e. The molecule has 0 aliphatic heterocycles. The van der Waals surface area contributed by atoms with Crippen LogP contribution in [-0.4, -0.2) is 28.0 Å². The third-order valence-electron chi connectivity index (χ3n) is 4.54. The predicted octanol–water partition coefficient (Wildman–Crippen LogP) is 2.96. The molecular formula is C16H17F3N2O3. The van der Waals surface area contributed by atoms with Crippen molar-refractivity contribution >= 4 is 11.9 Å². The number of carboxylic acids is 1. The highest BCUT2D eigenvalue weighted by Gasteiger charge is 2.37. The molecule has 0 aromatic carbocycles. The molecule has 2 aliphatic carbocycles. The quantitative estimate of drug-likeness (QED) is 0.882. The van der Waals surface area contributed by atoms with E-state index in [4.69, 9.17) is 5.11 Å². The van der Waals surface area contributed by atoms with Gasteiger partial charge < -0.3 is 10.4 Å². The van der Waals surface area contributed by atoms with Gasteiger partial charge in [-0.25, -0.2) is 4.98 Å². The first-order chi connectivity index (χ1) is 11.3. The third kappa shape index (κ3) is 3.52. The van der Waals surface area contributed by atoms with Crippen LogP contribution in [0, 0.1) is 5.92 Å². The summed E-state index contributed by atoms with van der Waals surface area (Å²) >= 11 is 0. The van der Waals surface area contributed by atoms with Gasteiger partial charge in [0.15, 0.2) is 0 Å². The third-order valence-corrected chi connectivity index (χ3v) is 4.54. The Bertz CT molecular complexity index is 671. The van der Waals surface area contributed by atoms with Gasteiger partial charge in [-0.3, -0.25) is 9.59 Å². The molecule has 0 radical (unpaired) electrons. The van der Waals surface area contributed by atoms with Crippen molar-refractivity contribution < 1.29 is 27.9 Å². The Morgan fingerprint density at radius 2 is 1.88 bits per heavy atom. The average molecular weight is 342 g/mol. The van der Waals surface area contributed by atoms with E-state index in [0.29, 0.717) is 19.3 Å². The zero-order chi connectivity index (χ0) is 17.5. The number of pyridine rings is 1. The number of aliphatic carboxylic acids is 1. The Morgan fingerprint density at radius 3 is 2.46 bits per heavy atom. The molecule has 8 heteroatoms. The fraction of sp³-hybridized carbons (Fsp3) is 0.562. The van der Waals surface area contributed by atoms with Gasteiger partial charge in [0.05, 0.1) is 5.92 Å². The zero-order valence-electron chi connectivity index (χ0n) is 12.8. The first-order valence-electron chi connectivity index (χ1n) is 7.88. The highest BCUT2D eigenvalue weighted by molar-refractivity contribution is 5.95. The smallest absolute Gasteiger partial charge is 0.433 e. The van der Waals surface area contributed by atoms with Crippen molar-refractivity contribution in [3.05, 3.63) is 29.1 Å². The number of carbonyl (C=O) groups is 2. The molecule has 2 fully saturated rings. The number of carbonyl (C=O) groups excluding carboxylic acids is 1. The van der Waals surface area contributed by atoms with Gasteiger partial charge in [-0.05, 0) is 37.8 Å². The largest absolute Gasteiger partial charge is 0.481 e. The highest BCUT2D eigenvalue weighted by atomic mass is 19.4. The monoisotopic (exact) mass is 342 g/mol. The second-order valence-corrected chi connectivity index (χ2v) is 6.39. The summed E-state index contributed by atoms with van der Waals surface area (Å²) in [4.78, 5) is 27.1. The molecule has 1 aromatic heterocycles. The normalized spacial score (nSPS) is 24.0. The maximum atomic E-state index is 13.0. The van der Waals surface area contributed by atoms with Crippen molar-refractivity contribution in [3.63, 3.8) is 0 Å². The number of halogens is 3. The van der Waals surface area contributed by atoms with Crippen LogP contribution in [0.25, 0.3) is 0 Å². The maximum absolute atomic E-state index is 13.0. The minimum atomic E-state index is -4.63.